The number of fused-ring (bicyclic) bond motifs is 3. The smallest absolute Gasteiger partial charge is 0.323 e. The zero-order chi connectivity index (χ0) is 13.0. The normalized spacial score (nSPS) is 40.6. The largest absolute Gasteiger partial charge is 0.462 e. The molecule has 0 aromatic carbocycles. The third-order valence-corrected chi connectivity index (χ3v) is 3.69. The summed E-state index contributed by atoms with van der Waals surface area (Å²) in [6.07, 6.45) is 3.42. The number of cyclic esters (lactones) is 2. The molecular weight excluding hydrogens is 240 g/mol. The fourth-order valence-corrected chi connectivity index (χ4v) is 2.91. The average molecular weight is 252 g/mol. The van der Waals surface area contributed by atoms with Gasteiger partial charge < -0.3 is 14.2 Å². The van der Waals surface area contributed by atoms with Crippen molar-refractivity contribution in [3.63, 3.8) is 0 Å². The topological polar surface area (TPSA) is 78.9 Å². The predicted octanol–water partition coefficient (Wildman–Crippen LogP) is 0.107. The Morgan fingerprint density at radius 2 is 2.33 bits per heavy atom. The molecule has 2 bridgehead atoms. The molecule has 3 heterocycles. The molecule has 3 unspecified atom stereocenters. The van der Waals surface area contributed by atoms with E-state index in [4.69, 9.17) is 9.47 Å². The Kier molecular flexibility index (Phi) is 2.16. The summed E-state index contributed by atoms with van der Waals surface area (Å²) in [7, 11) is 0. The van der Waals surface area contributed by atoms with E-state index in [1.165, 1.54) is 6.92 Å². The molecular formula is C12H12O6. The van der Waals surface area contributed by atoms with Crippen LogP contribution < -0.4 is 0 Å². The van der Waals surface area contributed by atoms with Crippen molar-refractivity contribution >= 4 is 17.9 Å². The number of esters is 3. The SMILES string of the molecule is CC(=O)OCC12C=CC(O1)C1(CC(=O)OC1=O)C2. The standard InChI is InChI=1S/C12H12O6/c1-7(13)16-6-11-3-2-8(18-11)12(5-11)4-9(14)17-10(12)15/h2-3,8H,4-6H2,1H3. The second kappa shape index (κ2) is 3.41. The van der Waals surface area contributed by atoms with E-state index >= 15 is 0 Å². The van der Waals surface area contributed by atoms with Crippen molar-refractivity contribution in [2.75, 3.05) is 6.61 Å². The molecule has 3 aliphatic heterocycles. The van der Waals surface area contributed by atoms with E-state index in [-0.39, 0.29) is 13.0 Å². The van der Waals surface area contributed by atoms with Gasteiger partial charge in [0.25, 0.3) is 0 Å². The van der Waals surface area contributed by atoms with Crippen LogP contribution in [0.3, 0.4) is 0 Å². The van der Waals surface area contributed by atoms with E-state index in [0.29, 0.717) is 6.42 Å². The maximum atomic E-state index is 11.8. The van der Waals surface area contributed by atoms with Crippen molar-refractivity contribution in [2.45, 2.75) is 31.5 Å². The fourth-order valence-electron chi connectivity index (χ4n) is 2.91. The van der Waals surface area contributed by atoms with Crippen molar-refractivity contribution < 1.29 is 28.6 Å². The molecule has 3 rings (SSSR count). The van der Waals surface area contributed by atoms with Gasteiger partial charge in [-0.2, -0.15) is 0 Å². The Hall–Kier alpha value is -1.69. The summed E-state index contributed by atoms with van der Waals surface area (Å²) in [5, 5.41) is 0. The van der Waals surface area contributed by atoms with Gasteiger partial charge in [-0.3, -0.25) is 14.4 Å². The molecule has 3 aliphatic rings. The molecule has 6 heteroatoms. The van der Waals surface area contributed by atoms with Crippen molar-refractivity contribution in [3.05, 3.63) is 12.2 Å². The molecule has 0 radical (unpaired) electrons. The van der Waals surface area contributed by atoms with Gasteiger partial charge >= 0.3 is 17.9 Å². The molecule has 0 aromatic rings. The van der Waals surface area contributed by atoms with Crippen LogP contribution in [0, 0.1) is 5.41 Å². The lowest BCUT2D eigenvalue weighted by Crippen LogP contribution is -2.38. The Bertz CT molecular complexity index is 481. The second-order valence-electron chi connectivity index (χ2n) is 5.01. The number of carbonyl (C=O) groups excluding carboxylic acids is 3. The summed E-state index contributed by atoms with van der Waals surface area (Å²) in [4.78, 5) is 33.9. The van der Waals surface area contributed by atoms with Crippen LogP contribution in [-0.4, -0.2) is 36.2 Å². The van der Waals surface area contributed by atoms with E-state index in [1.807, 2.05) is 0 Å². The summed E-state index contributed by atoms with van der Waals surface area (Å²) in [5.74, 6) is -1.46. The molecule has 6 nitrogen and oxygen atoms in total. The maximum Gasteiger partial charge on any atom is 0.323 e. The van der Waals surface area contributed by atoms with Crippen molar-refractivity contribution in [1.29, 1.82) is 0 Å². The maximum absolute atomic E-state index is 11.8. The first-order chi connectivity index (χ1) is 8.46. The predicted molar refractivity (Wildman–Crippen MR) is 56.1 cm³/mol. The van der Waals surface area contributed by atoms with Crippen LogP contribution in [-0.2, 0) is 28.6 Å². The molecule has 0 N–H and O–H groups in total. The summed E-state index contributed by atoms with van der Waals surface area (Å²) in [6.45, 7) is 1.36. The minimum atomic E-state index is -0.925. The third-order valence-electron chi connectivity index (χ3n) is 3.69. The van der Waals surface area contributed by atoms with Gasteiger partial charge in [-0.25, -0.2) is 0 Å². The van der Waals surface area contributed by atoms with Crippen LogP contribution >= 0.6 is 0 Å². The van der Waals surface area contributed by atoms with Gasteiger partial charge in [0.15, 0.2) is 0 Å². The van der Waals surface area contributed by atoms with Crippen molar-refractivity contribution in [3.8, 4) is 0 Å². The Morgan fingerprint density at radius 3 is 2.94 bits per heavy atom. The number of rotatable bonds is 2. The highest BCUT2D eigenvalue weighted by Gasteiger charge is 2.66. The van der Waals surface area contributed by atoms with Gasteiger partial charge in [-0.15, -0.1) is 0 Å². The lowest BCUT2D eigenvalue weighted by atomic mass is 9.72. The van der Waals surface area contributed by atoms with Crippen molar-refractivity contribution in [1.82, 2.24) is 0 Å². The monoisotopic (exact) mass is 252 g/mol. The molecule has 1 spiro atoms. The molecule has 18 heavy (non-hydrogen) atoms. The number of hydrogen-bond acceptors (Lipinski definition) is 6. The van der Waals surface area contributed by atoms with Gasteiger partial charge in [0.1, 0.15) is 17.6 Å². The summed E-state index contributed by atoms with van der Waals surface area (Å²) in [6, 6.07) is 0. The minimum Gasteiger partial charge on any atom is -0.462 e. The van der Waals surface area contributed by atoms with E-state index in [9.17, 15) is 14.4 Å². The summed E-state index contributed by atoms with van der Waals surface area (Å²) >= 11 is 0. The lowest BCUT2D eigenvalue weighted by molar-refractivity contribution is -0.156. The molecule has 0 aliphatic carbocycles. The molecule has 0 aromatic heterocycles. The third kappa shape index (κ3) is 1.42. The average Bonchev–Trinajstić information content (AvgIpc) is 2.90. The first kappa shape index (κ1) is 11.4. The zero-order valence-electron chi connectivity index (χ0n) is 9.80. The highest BCUT2D eigenvalue weighted by molar-refractivity contribution is 5.98. The lowest BCUT2D eigenvalue weighted by Gasteiger charge is -2.25. The quantitative estimate of drug-likeness (QED) is 0.394. The van der Waals surface area contributed by atoms with Crippen LogP contribution in [0.4, 0.5) is 0 Å². The van der Waals surface area contributed by atoms with E-state index in [1.54, 1.807) is 12.2 Å². The van der Waals surface area contributed by atoms with Crippen LogP contribution in [0.25, 0.3) is 0 Å². The number of carbonyl (C=O) groups is 3. The van der Waals surface area contributed by atoms with Crippen LogP contribution in [0.2, 0.25) is 0 Å². The van der Waals surface area contributed by atoms with Crippen molar-refractivity contribution in [2.24, 2.45) is 5.41 Å². The first-order valence-electron chi connectivity index (χ1n) is 5.72. The van der Waals surface area contributed by atoms with E-state index in [2.05, 4.69) is 4.74 Å². The fraction of sp³-hybridized carbons (Fsp3) is 0.583. The first-order valence-corrected chi connectivity index (χ1v) is 5.72. The van der Waals surface area contributed by atoms with Gasteiger partial charge in [0, 0.05) is 13.3 Å². The number of hydrogen-bond donors (Lipinski definition) is 0. The Balaban J connectivity index is 1.84. The minimum absolute atomic E-state index is 0.0304. The van der Waals surface area contributed by atoms with Gasteiger partial charge in [-0.1, -0.05) is 12.2 Å². The zero-order valence-corrected chi connectivity index (χ0v) is 9.80. The van der Waals surface area contributed by atoms with Crippen LogP contribution in [0.15, 0.2) is 12.2 Å². The number of ether oxygens (including phenoxy) is 3. The highest BCUT2D eigenvalue weighted by atomic mass is 16.6. The van der Waals surface area contributed by atoms with Gasteiger partial charge in [-0.05, 0) is 0 Å². The highest BCUT2D eigenvalue weighted by Crippen LogP contribution is 2.55. The summed E-state index contributed by atoms with van der Waals surface area (Å²) < 4.78 is 15.3. The van der Waals surface area contributed by atoms with Crippen LogP contribution in [0.1, 0.15) is 19.8 Å². The molecule has 3 atom stereocenters. The van der Waals surface area contributed by atoms with Gasteiger partial charge in [0.2, 0.25) is 0 Å². The Labute approximate surface area is 103 Å². The molecule has 0 saturated carbocycles. The Morgan fingerprint density at radius 1 is 1.56 bits per heavy atom. The summed E-state index contributed by atoms with van der Waals surface area (Å²) in [5.41, 5.74) is -1.72. The van der Waals surface area contributed by atoms with Crippen LogP contribution in [0.5, 0.6) is 0 Å². The van der Waals surface area contributed by atoms with E-state index < -0.39 is 35.0 Å². The molecule has 2 saturated heterocycles. The van der Waals surface area contributed by atoms with Gasteiger partial charge in [0.05, 0.1) is 12.5 Å². The van der Waals surface area contributed by atoms with E-state index in [0.717, 1.165) is 0 Å². The second-order valence-corrected chi connectivity index (χ2v) is 5.01. The molecule has 0 amide bonds. The molecule has 96 valence electrons. The molecule has 2 fully saturated rings.